The van der Waals surface area contributed by atoms with Crippen LogP contribution >= 0.6 is 11.6 Å². The van der Waals surface area contributed by atoms with Crippen LogP contribution in [0.2, 0.25) is 5.02 Å². The zero-order valence-electron chi connectivity index (χ0n) is 16.4. The number of rotatable bonds is 4. The maximum atomic E-state index is 13.5. The van der Waals surface area contributed by atoms with Gasteiger partial charge in [0.15, 0.2) is 0 Å². The molecule has 0 saturated heterocycles. The summed E-state index contributed by atoms with van der Waals surface area (Å²) in [6, 6.07) is 29.7. The second-order valence-electron chi connectivity index (χ2n) is 7.16. The molecule has 4 aromatic carbocycles. The van der Waals surface area contributed by atoms with E-state index >= 15 is 0 Å². The van der Waals surface area contributed by atoms with Crippen molar-refractivity contribution in [1.82, 2.24) is 0 Å². The molecule has 0 aliphatic carbocycles. The topological polar surface area (TPSA) is 49.4 Å². The average molecular weight is 425 g/mol. The van der Waals surface area contributed by atoms with Gasteiger partial charge < -0.3 is 5.32 Å². The SMILES string of the molecule is O=C1C(Nc2cccc3ccccc23)=C(c2ccccc2)C(=O)N1c1ccccc1Cl. The Kier molecular flexibility index (Phi) is 4.77. The molecular formula is C26H17ClN2O2. The van der Waals surface area contributed by atoms with Crippen molar-refractivity contribution in [1.29, 1.82) is 0 Å². The van der Waals surface area contributed by atoms with Crippen molar-refractivity contribution >= 4 is 51.1 Å². The van der Waals surface area contributed by atoms with Gasteiger partial charge in [-0.05, 0) is 29.1 Å². The van der Waals surface area contributed by atoms with Crippen LogP contribution in [0.25, 0.3) is 16.3 Å². The molecule has 0 unspecified atom stereocenters. The van der Waals surface area contributed by atoms with Crippen LogP contribution in [-0.4, -0.2) is 11.8 Å². The first kappa shape index (κ1) is 19.1. The predicted molar refractivity (Wildman–Crippen MR) is 125 cm³/mol. The van der Waals surface area contributed by atoms with Crippen molar-refractivity contribution in [2.24, 2.45) is 0 Å². The molecule has 0 fully saturated rings. The largest absolute Gasteiger partial charge is 0.350 e. The third kappa shape index (κ3) is 3.27. The van der Waals surface area contributed by atoms with Gasteiger partial charge in [0, 0.05) is 11.1 Å². The van der Waals surface area contributed by atoms with E-state index < -0.39 is 11.8 Å². The smallest absolute Gasteiger partial charge is 0.282 e. The Bertz CT molecular complexity index is 1360. The number of nitrogens with one attached hydrogen (secondary N) is 1. The number of anilines is 2. The molecule has 5 rings (SSSR count). The van der Waals surface area contributed by atoms with Crippen molar-refractivity contribution in [3.8, 4) is 0 Å². The zero-order chi connectivity index (χ0) is 21.4. The van der Waals surface area contributed by atoms with E-state index in [1.165, 1.54) is 0 Å². The number of imide groups is 1. The molecule has 150 valence electrons. The number of nitrogens with zero attached hydrogens (tertiary/aromatic N) is 1. The van der Waals surface area contributed by atoms with E-state index in [4.69, 9.17) is 11.6 Å². The molecule has 1 N–H and O–H groups in total. The fraction of sp³-hybridized carbons (Fsp3) is 0. The lowest BCUT2D eigenvalue weighted by Crippen LogP contribution is -2.32. The van der Waals surface area contributed by atoms with Gasteiger partial charge in [0.25, 0.3) is 11.8 Å². The number of para-hydroxylation sites is 1. The molecule has 0 aromatic heterocycles. The average Bonchev–Trinajstić information content (AvgIpc) is 3.04. The van der Waals surface area contributed by atoms with Crippen LogP contribution in [0, 0.1) is 0 Å². The molecular weight excluding hydrogens is 408 g/mol. The molecule has 4 aromatic rings. The fourth-order valence-electron chi connectivity index (χ4n) is 3.84. The molecule has 1 aliphatic heterocycles. The highest BCUT2D eigenvalue weighted by atomic mass is 35.5. The van der Waals surface area contributed by atoms with Gasteiger partial charge in [-0.25, -0.2) is 4.90 Å². The van der Waals surface area contributed by atoms with Crippen molar-refractivity contribution in [2.45, 2.75) is 0 Å². The van der Waals surface area contributed by atoms with Gasteiger partial charge in [-0.2, -0.15) is 0 Å². The number of benzene rings is 4. The molecule has 0 atom stereocenters. The summed E-state index contributed by atoms with van der Waals surface area (Å²) >= 11 is 6.33. The van der Waals surface area contributed by atoms with Gasteiger partial charge in [-0.1, -0.05) is 90.5 Å². The summed E-state index contributed by atoms with van der Waals surface area (Å²) < 4.78 is 0. The molecule has 0 bridgehead atoms. The zero-order valence-corrected chi connectivity index (χ0v) is 17.1. The van der Waals surface area contributed by atoms with Crippen LogP contribution < -0.4 is 10.2 Å². The van der Waals surface area contributed by atoms with Crippen LogP contribution in [0.4, 0.5) is 11.4 Å². The Morgan fingerprint density at radius 1 is 0.677 bits per heavy atom. The Morgan fingerprint density at radius 2 is 1.35 bits per heavy atom. The highest BCUT2D eigenvalue weighted by molar-refractivity contribution is 6.48. The van der Waals surface area contributed by atoms with Crippen molar-refractivity contribution in [3.63, 3.8) is 0 Å². The van der Waals surface area contributed by atoms with E-state index in [1.807, 2.05) is 72.8 Å². The van der Waals surface area contributed by atoms with Crippen LogP contribution in [0.1, 0.15) is 5.56 Å². The summed E-state index contributed by atoms with van der Waals surface area (Å²) in [5.74, 6) is -0.850. The van der Waals surface area contributed by atoms with Crippen molar-refractivity contribution in [2.75, 3.05) is 10.2 Å². The number of carbonyl (C=O) groups is 2. The summed E-state index contributed by atoms with van der Waals surface area (Å²) in [5, 5.41) is 5.59. The van der Waals surface area contributed by atoms with E-state index in [9.17, 15) is 9.59 Å². The molecule has 31 heavy (non-hydrogen) atoms. The minimum absolute atomic E-state index is 0.229. The second-order valence-corrected chi connectivity index (χ2v) is 7.57. The van der Waals surface area contributed by atoms with E-state index in [2.05, 4.69) is 5.32 Å². The summed E-state index contributed by atoms with van der Waals surface area (Å²) in [4.78, 5) is 28.1. The highest BCUT2D eigenvalue weighted by Crippen LogP contribution is 2.37. The van der Waals surface area contributed by atoms with Crippen LogP contribution in [0.3, 0.4) is 0 Å². The fourth-order valence-corrected chi connectivity index (χ4v) is 4.06. The van der Waals surface area contributed by atoms with Gasteiger partial charge in [-0.15, -0.1) is 0 Å². The maximum absolute atomic E-state index is 13.5. The molecule has 1 aliphatic rings. The lowest BCUT2D eigenvalue weighted by molar-refractivity contribution is -0.120. The summed E-state index contributed by atoms with van der Waals surface area (Å²) in [7, 11) is 0. The van der Waals surface area contributed by atoms with E-state index in [1.54, 1.807) is 24.3 Å². The van der Waals surface area contributed by atoms with Crippen molar-refractivity contribution < 1.29 is 9.59 Å². The van der Waals surface area contributed by atoms with Crippen LogP contribution in [0.5, 0.6) is 0 Å². The van der Waals surface area contributed by atoms with Crippen LogP contribution in [0.15, 0.2) is 103 Å². The lowest BCUT2D eigenvalue weighted by atomic mass is 10.0. The van der Waals surface area contributed by atoms with Crippen molar-refractivity contribution in [3.05, 3.63) is 113 Å². The maximum Gasteiger partial charge on any atom is 0.282 e. The van der Waals surface area contributed by atoms with E-state index in [0.717, 1.165) is 21.4 Å². The summed E-state index contributed by atoms with van der Waals surface area (Å²) in [6.07, 6.45) is 0. The number of amides is 2. The minimum atomic E-state index is -0.440. The first-order valence-corrected chi connectivity index (χ1v) is 10.2. The quantitative estimate of drug-likeness (QED) is 0.415. The minimum Gasteiger partial charge on any atom is -0.350 e. The van der Waals surface area contributed by atoms with Gasteiger partial charge in [0.2, 0.25) is 0 Å². The summed E-state index contributed by atoms with van der Waals surface area (Å²) in [6.45, 7) is 0. The molecule has 0 spiro atoms. The number of fused-ring (bicyclic) bond motifs is 1. The number of halogens is 1. The molecule has 0 saturated carbocycles. The third-order valence-electron chi connectivity index (χ3n) is 5.29. The Labute approximate surface area is 184 Å². The van der Waals surface area contributed by atoms with Gasteiger partial charge >= 0.3 is 0 Å². The first-order chi connectivity index (χ1) is 15.1. The molecule has 0 radical (unpaired) electrons. The number of carbonyl (C=O) groups excluding carboxylic acids is 2. The number of hydrogen-bond acceptors (Lipinski definition) is 3. The Balaban J connectivity index is 1.67. The number of hydrogen-bond donors (Lipinski definition) is 1. The first-order valence-electron chi connectivity index (χ1n) is 9.83. The molecule has 4 nitrogen and oxygen atoms in total. The molecule has 1 heterocycles. The van der Waals surface area contributed by atoms with Gasteiger partial charge in [-0.3, -0.25) is 9.59 Å². The Hall–Kier alpha value is -3.89. The predicted octanol–water partition coefficient (Wildman–Crippen LogP) is 5.89. The van der Waals surface area contributed by atoms with Gasteiger partial charge in [0.05, 0.1) is 16.3 Å². The second kappa shape index (κ2) is 7.74. The van der Waals surface area contributed by atoms with Crippen LogP contribution in [-0.2, 0) is 9.59 Å². The molecule has 5 heteroatoms. The van der Waals surface area contributed by atoms with E-state index in [-0.39, 0.29) is 5.70 Å². The highest BCUT2D eigenvalue weighted by Gasteiger charge is 2.41. The van der Waals surface area contributed by atoms with E-state index in [0.29, 0.717) is 21.8 Å². The standard InChI is InChI=1S/C26H17ClN2O2/c27-20-14-6-7-16-22(20)29-25(30)23(18-10-2-1-3-11-18)24(26(29)31)28-21-15-8-12-17-9-4-5-13-19(17)21/h1-16,28H. The van der Waals surface area contributed by atoms with Gasteiger partial charge in [0.1, 0.15) is 5.70 Å². The Morgan fingerprint density at radius 3 is 2.16 bits per heavy atom. The monoisotopic (exact) mass is 424 g/mol. The third-order valence-corrected chi connectivity index (χ3v) is 5.61. The normalized spacial score (nSPS) is 13.9. The lowest BCUT2D eigenvalue weighted by Gasteiger charge is -2.17. The summed E-state index contributed by atoms with van der Waals surface area (Å²) in [5.41, 5.74) is 2.33. The molecule has 2 amide bonds.